The number of hydrogen-bond donors (Lipinski definition) is 1. The SMILES string of the molecule is CCOC(=O)CC(=O)NN1c2cc(-c3nc4ccccc4cc3C)nn21. The van der Waals surface area contributed by atoms with Crippen molar-refractivity contribution in [2.45, 2.75) is 20.3 Å². The summed E-state index contributed by atoms with van der Waals surface area (Å²) < 4.78 is 4.75. The van der Waals surface area contributed by atoms with Gasteiger partial charge in [-0.05, 0) is 31.5 Å². The second kappa shape index (κ2) is 6.14. The van der Waals surface area contributed by atoms with Gasteiger partial charge in [0.1, 0.15) is 12.1 Å². The van der Waals surface area contributed by atoms with Crippen LogP contribution in [-0.4, -0.2) is 33.4 Å². The summed E-state index contributed by atoms with van der Waals surface area (Å²) in [6.45, 7) is 3.94. The molecule has 0 unspecified atom stereocenters. The van der Waals surface area contributed by atoms with Crippen molar-refractivity contribution in [2.75, 3.05) is 11.7 Å². The zero-order chi connectivity index (χ0) is 18.3. The molecule has 0 bridgehead atoms. The number of nitrogens with zero attached hydrogens (tertiary/aromatic N) is 4. The van der Waals surface area contributed by atoms with Crippen LogP contribution in [0.5, 0.6) is 0 Å². The largest absolute Gasteiger partial charge is 0.466 e. The van der Waals surface area contributed by atoms with Crippen LogP contribution < -0.4 is 10.5 Å². The molecule has 0 fully saturated rings. The molecule has 1 aliphatic rings. The maximum Gasteiger partial charge on any atom is 0.315 e. The van der Waals surface area contributed by atoms with Gasteiger partial charge >= 0.3 is 5.97 Å². The molecule has 1 aliphatic heterocycles. The Morgan fingerprint density at radius 3 is 2.77 bits per heavy atom. The van der Waals surface area contributed by atoms with Gasteiger partial charge in [-0.3, -0.25) is 9.59 Å². The first-order valence-corrected chi connectivity index (χ1v) is 8.29. The van der Waals surface area contributed by atoms with E-state index in [1.54, 1.807) is 11.7 Å². The number of fused-ring (bicyclic) bond motifs is 2. The van der Waals surface area contributed by atoms with Crippen molar-refractivity contribution in [3.8, 4) is 11.4 Å². The van der Waals surface area contributed by atoms with E-state index in [2.05, 4.69) is 21.6 Å². The maximum absolute atomic E-state index is 11.8. The first kappa shape index (κ1) is 16.1. The fourth-order valence-corrected chi connectivity index (χ4v) is 2.82. The monoisotopic (exact) mass is 351 g/mol. The summed E-state index contributed by atoms with van der Waals surface area (Å²) in [7, 11) is 0. The van der Waals surface area contributed by atoms with Crippen LogP contribution in [-0.2, 0) is 14.3 Å². The summed E-state index contributed by atoms with van der Waals surface area (Å²) in [4.78, 5) is 29.4. The van der Waals surface area contributed by atoms with Crippen molar-refractivity contribution in [3.63, 3.8) is 0 Å². The topological polar surface area (TPSA) is 89.1 Å². The Morgan fingerprint density at radius 1 is 1.23 bits per heavy atom. The van der Waals surface area contributed by atoms with E-state index in [1.807, 2.05) is 37.3 Å². The molecule has 8 heteroatoms. The minimum absolute atomic E-state index is 0.249. The molecule has 0 saturated heterocycles. The van der Waals surface area contributed by atoms with E-state index in [-0.39, 0.29) is 13.0 Å². The third-order valence-corrected chi connectivity index (χ3v) is 4.04. The van der Waals surface area contributed by atoms with Crippen LogP contribution in [0.15, 0.2) is 36.4 Å². The van der Waals surface area contributed by atoms with Crippen molar-refractivity contribution >= 4 is 28.6 Å². The van der Waals surface area contributed by atoms with E-state index in [0.717, 1.165) is 33.7 Å². The standard InChI is InChI=1S/C18H17N5O3/c1-3-26-17(25)10-15(24)21-23-16-9-14(20-22(16)23)18-11(2)8-12-6-4-5-7-13(12)19-18/h4-9H,3,10H2,1-2H3,(H,21,24). The summed E-state index contributed by atoms with van der Waals surface area (Å²) in [5.74, 6) is -0.275. The first-order chi connectivity index (χ1) is 12.6. The van der Waals surface area contributed by atoms with Gasteiger partial charge in [0.25, 0.3) is 5.91 Å². The molecule has 2 aromatic heterocycles. The highest BCUT2D eigenvalue weighted by Crippen LogP contribution is 2.34. The number of rotatable bonds is 5. The number of pyridine rings is 1. The van der Waals surface area contributed by atoms with E-state index in [0.29, 0.717) is 0 Å². The number of benzene rings is 1. The van der Waals surface area contributed by atoms with Crippen LogP contribution in [0, 0.1) is 6.92 Å². The summed E-state index contributed by atoms with van der Waals surface area (Å²) in [6.07, 6.45) is -0.326. The van der Waals surface area contributed by atoms with Gasteiger partial charge in [-0.25, -0.2) is 10.4 Å². The molecular weight excluding hydrogens is 334 g/mol. The van der Waals surface area contributed by atoms with Gasteiger partial charge in [-0.15, -0.1) is 15.0 Å². The number of aromatic nitrogens is 3. The van der Waals surface area contributed by atoms with Crippen LogP contribution in [0.2, 0.25) is 0 Å². The number of nitrogens with one attached hydrogen (secondary N) is 1. The van der Waals surface area contributed by atoms with Gasteiger partial charge in [0.05, 0.1) is 17.8 Å². The molecule has 0 radical (unpaired) electrons. The zero-order valence-electron chi connectivity index (χ0n) is 14.4. The molecule has 0 atom stereocenters. The highest BCUT2D eigenvalue weighted by atomic mass is 16.5. The quantitative estimate of drug-likeness (QED) is 0.429. The second-order valence-corrected chi connectivity index (χ2v) is 5.95. The van der Waals surface area contributed by atoms with Crippen LogP contribution in [0.4, 0.5) is 5.82 Å². The number of ether oxygens (including phenoxy) is 1. The predicted octanol–water partition coefficient (Wildman–Crippen LogP) is 1.97. The first-order valence-electron chi connectivity index (χ1n) is 8.29. The Bertz CT molecular complexity index is 1010. The predicted molar refractivity (Wildman–Crippen MR) is 95.0 cm³/mol. The molecular formula is C18H17N5O3. The highest BCUT2D eigenvalue weighted by Gasteiger charge is 2.35. The molecule has 0 spiro atoms. The fourth-order valence-electron chi connectivity index (χ4n) is 2.82. The van der Waals surface area contributed by atoms with Gasteiger partial charge in [0, 0.05) is 11.5 Å². The minimum atomic E-state index is -0.554. The molecule has 0 saturated carbocycles. The molecule has 0 aliphatic carbocycles. The Kier molecular flexibility index (Phi) is 3.80. The maximum atomic E-state index is 11.8. The number of esters is 1. The Morgan fingerprint density at radius 2 is 2.04 bits per heavy atom. The average molecular weight is 351 g/mol. The Labute approximate surface area is 149 Å². The average Bonchev–Trinajstić information content (AvgIpc) is 3.03. The number of carbonyl (C=O) groups is 2. The molecule has 1 aromatic carbocycles. The minimum Gasteiger partial charge on any atom is -0.466 e. The third-order valence-electron chi connectivity index (χ3n) is 4.04. The van der Waals surface area contributed by atoms with E-state index in [9.17, 15) is 9.59 Å². The van der Waals surface area contributed by atoms with Crippen molar-refractivity contribution in [1.82, 2.24) is 20.3 Å². The van der Waals surface area contributed by atoms with Gasteiger partial charge in [0.2, 0.25) is 0 Å². The molecule has 8 nitrogen and oxygen atoms in total. The van der Waals surface area contributed by atoms with Crippen LogP contribution >= 0.6 is 0 Å². The van der Waals surface area contributed by atoms with Crippen molar-refractivity contribution in [1.29, 1.82) is 0 Å². The number of amides is 1. The van der Waals surface area contributed by atoms with Gasteiger partial charge in [-0.1, -0.05) is 18.2 Å². The number of hydrazine groups is 1. The zero-order valence-corrected chi connectivity index (χ0v) is 14.4. The van der Waals surface area contributed by atoms with Crippen LogP contribution in [0.3, 0.4) is 0 Å². The lowest BCUT2D eigenvalue weighted by molar-refractivity contribution is -0.145. The number of para-hydroxylation sites is 1. The molecule has 132 valence electrons. The lowest BCUT2D eigenvalue weighted by Crippen LogP contribution is -2.36. The van der Waals surface area contributed by atoms with Crippen molar-refractivity contribution < 1.29 is 14.3 Å². The molecule has 3 heterocycles. The summed E-state index contributed by atoms with van der Waals surface area (Å²) in [5.41, 5.74) is 6.06. The normalized spacial score (nSPS) is 12.0. The van der Waals surface area contributed by atoms with Crippen LogP contribution in [0.1, 0.15) is 18.9 Å². The third kappa shape index (κ3) is 2.85. The molecule has 4 rings (SSSR count). The second-order valence-electron chi connectivity index (χ2n) is 5.95. The van der Waals surface area contributed by atoms with Gasteiger partial charge < -0.3 is 4.74 Å². The fraction of sp³-hybridized carbons (Fsp3) is 0.222. The Balaban J connectivity index is 1.47. The van der Waals surface area contributed by atoms with E-state index in [1.165, 1.54) is 5.12 Å². The smallest absolute Gasteiger partial charge is 0.315 e. The molecule has 26 heavy (non-hydrogen) atoms. The number of carbonyl (C=O) groups excluding carboxylic acids is 2. The Hall–Kier alpha value is -3.42. The van der Waals surface area contributed by atoms with E-state index < -0.39 is 11.9 Å². The lowest BCUT2D eigenvalue weighted by atomic mass is 10.1. The molecule has 1 amide bonds. The number of anilines is 1. The van der Waals surface area contributed by atoms with Crippen LogP contribution in [0.25, 0.3) is 22.3 Å². The lowest BCUT2D eigenvalue weighted by Gasteiger charge is -2.08. The summed E-state index contributed by atoms with van der Waals surface area (Å²) >= 11 is 0. The number of hydrogen-bond acceptors (Lipinski definition) is 6. The summed E-state index contributed by atoms with van der Waals surface area (Å²) in [5, 5.41) is 7.00. The van der Waals surface area contributed by atoms with E-state index >= 15 is 0 Å². The summed E-state index contributed by atoms with van der Waals surface area (Å²) in [6, 6.07) is 11.8. The van der Waals surface area contributed by atoms with Crippen molar-refractivity contribution in [2.24, 2.45) is 0 Å². The molecule has 1 N–H and O–H groups in total. The van der Waals surface area contributed by atoms with Crippen molar-refractivity contribution in [3.05, 3.63) is 42.0 Å². The molecule has 3 aromatic rings. The van der Waals surface area contributed by atoms with E-state index in [4.69, 9.17) is 4.74 Å². The van der Waals surface area contributed by atoms with Gasteiger partial charge in [-0.2, -0.15) is 0 Å². The number of aryl methyl sites for hydroxylation is 1. The van der Waals surface area contributed by atoms with Gasteiger partial charge in [0.15, 0.2) is 5.82 Å². The highest BCUT2D eigenvalue weighted by molar-refractivity contribution is 5.95.